The highest BCUT2D eigenvalue weighted by Gasteiger charge is 2.23. The Balaban J connectivity index is 1.94. The van der Waals surface area contributed by atoms with Crippen LogP contribution in [-0.2, 0) is 6.42 Å². The first-order valence-electron chi connectivity index (χ1n) is 9.65. The lowest BCUT2D eigenvalue weighted by Crippen LogP contribution is -2.19. The van der Waals surface area contributed by atoms with Crippen molar-refractivity contribution in [2.24, 2.45) is 0 Å². The molecule has 0 aliphatic carbocycles. The summed E-state index contributed by atoms with van der Waals surface area (Å²) in [6.07, 6.45) is 3.43. The van der Waals surface area contributed by atoms with Crippen LogP contribution in [0.2, 0.25) is 5.02 Å². The van der Waals surface area contributed by atoms with Gasteiger partial charge < -0.3 is 10.2 Å². The second kappa shape index (κ2) is 7.74. The molecule has 31 heavy (non-hydrogen) atoms. The van der Waals surface area contributed by atoms with Crippen LogP contribution in [0.3, 0.4) is 0 Å². The molecule has 3 heterocycles. The zero-order chi connectivity index (χ0) is 21.4. The summed E-state index contributed by atoms with van der Waals surface area (Å²) in [5.74, 6) is 1.21. The van der Waals surface area contributed by atoms with Crippen LogP contribution in [-0.4, -0.2) is 14.5 Å². The predicted octanol–water partition coefficient (Wildman–Crippen LogP) is 4.87. The Morgan fingerprint density at radius 1 is 1.03 bits per heavy atom. The largest absolute Gasteiger partial charge is 0.443 e. The van der Waals surface area contributed by atoms with E-state index >= 15 is 0 Å². The van der Waals surface area contributed by atoms with Crippen LogP contribution in [0.25, 0.3) is 28.3 Å². The maximum atomic E-state index is 13.6. The Morgan fingerprint density at radius 3 is 2.61 bits per heavy atom. The molecule has 5 aromatic rings. The third-order valence-electron chi connectivity index (χ3n) is 5.07. The topological polar surface area (TPSA) is 86.9 Å². The smallest absolute Gasteiger partial charge is 0.243 e. The first-order valence-corrected chi connectivity index (χ1v) is 10.0. The fraction of sp³-hybridized carbons (Fsp3) is 0.0417. The van der Waals surface area contributed by atoms with Gasteiger partial charge in [-0.1, -0.05) is 48.0 Å². The molecule has 0 bridgehead atoms. The molecule has 0 unspecified atom stereocenters. The van der Waals surface area contributed by atoms with E-state index in [0.29, 0.717) is 51.1 Å². The molecule has 5 rings (SSSR count). The van der Waals surface area contributed by atoms with Gasteiger partial charge in [0, 0.05) is 22.4 Å². The van der Waals surface area contributed by atoms with E-state index in [-0.39, 0.29) is 5.43 Å². The fourth-order valence-corrected chi connectivity index (χ4v) is 3.90. The van der Waals surface area contributed by atoms with Gasteiger partial charge >= 0.3 is 0 Å². The molecule has 0 aliphatic heterocycles. The van der Waals surface area contributed by atoms with Gasteiger partial charge in [-0.25, -0.2) is 9.97 Å². The predicted molar refractivity (Wildman–Crippen MR) is 122 cm³/mol. The molecule has 0 saturated heterocycles. The van der Waals surface area contributed by atoms with Crippen molar-refractivity contribution in [3.8, 4) is 17.4 Å². The van der Waals surface area contributed by atoms with Gasteiger partial charge in [0.1, 0.15) is 23.6 Å². The highest BCUT2D eigenvalue weighted by Crippen LogP contribution is 2.31. The monoisotopic (exact) mass is 428 g/mol. The molecular formula is C24H17ClN4O2. The first-order chi connectivity index (χ1) is 15.1. The van der Waals surface area contributed by atoms with Gasteiger partial charge in [0.15, 0.2) is 5.43 Å². The minimum Gasteiger partial charge on any atom is -0.443 e. The second-order valence-electron chi connectivity index (χ2n) is 7.07. The number of aromatic nitrogens is 3. The van der Waals surface area contributed by atoms with Crippen LogP contribution >= 0.6 is 11.6 Å². The molecular weight excluding hydrogens is 412 g/mol. The maximum absolute atomic E-state index is 13.6. The fourth-order valence-electron chi connectivity index (χ4n) is 3.74. The number of nitrogens with two attached hydrogens (primary N) is 1. The number of rotatable bonds is 4. The number of hydrogen-bond acceptors (Lipinski definition) is 5. The molecule has 0 amide bonds. The summed E-state index contributed by atoms with van der Waals surface area (Å²) < 4.78 is 7.50. The zero-order valence-electron chi connectivity index (χ0n) is 16.3. The average molecular weight is 429 g/mol. The number of anilines is 1. The Kier molecular flexibility index (Phi) is 4.76. The molecule has 152 valence electrons. The minimum absolute atomic E-state index is 0.108. The normalized spacial score (nSPS) is 11.1. The number of pyridine rings is 2. The molecule has 6 nitrogen and oxygen atoms in total. The Morgan fingerprint density at radius 2 is 1.87 bits per heavy atom. The summed E-state index contributed by atoms with van der Waals surface area (Å²) in [6, 6.07) is 20.3. The molecule has 0 saturated carbocycles. The quantitative estimate of drug-likeness (QED) is 0.441. The van der Waals surface area contributed by atoms with Crippen molar-refractivity contribution in [2.45, 2.75) is 6.42 Å². The molecule has 7 heteroatoms. The van der Waals surface area contributed by atoms with Gasteiger partial charge in [-0.05, 0) is 35.9 Å². The van der Waals surface area contributed by atoms with E-state index < -0.39 is 0 Å². The minimum atomic E-state index is -0.108. The van der Waals surface area contributed by atoms with Gasteiger partial charge in [0.25, 0.3) is 0 Å². The lowest BCUT2D eigenvalue weighted by molar-refractivity contribution is 0.569. The molecule has 0 radical (unpaired) electrons. The van der Waals surface area contributed by atoms with E-state index in [1.54, 1.807) is 30.5 Å². The van der Waals surface area contributed by atoms with Crippen molar-refractivity contribution in [1.29, 1.82) is 0 Å². The van der Waals surface area contributed by atoms with E-state index in [1.165, 1.54) is 6.26 Å². The van der Waals surface area contributed by atoms with E-state index in [1.807, 2.05) is 47.0 Å². The number of nitrogen functional groups attached to an aromatic ring is 1. The van der Waals surface area contributed by atoms with Crippen molar-refractivity contribution >= 4 is 28.3 Å². The Bertz CT molecular complexity index is 1440. The van der Waals surface area contributed by atoms with E-state index in [4.69, 9.17) is 21.8 Å². The standard InChI is InChI=1S/C24H17ClN4O2/c25-16-9-10-17-19(14-16)29(21-8-4-7-20(26)28-21)22(24-27-11-12-31-24)18(23(17)30)13-15-5-2-1-3-6-15/h1-12,14H,13H2,(H2,26,28). The number of nitrogens with zero attached hydrogens (tertiary/aromatic N) is 3. The molecule has 0 spiro atoms. The van der Waals surface area contributed by atoms with Crippen LogP contribution in [0.4, 0.5) is 5.82 Å². The van der Waals surface area contributed by atoms with Gasteiger partial charge in [0.05, 0.1) is 11.7 Å². The first kappa shape index (κ1) is 19.1. The van der Waals surface area contributed by atoms with Crippen LogP contribution in [0, 0.1) is 0 Å². The molecule has 0 fully saturated rings. The van der Waals surface area contributed by atoms with Crippen LogP contribution in [0.1, 0.15) is 11.1 Å². The van der Waals surface area contributed by atoms with Gasteiger partial charge in [-0.3, -0.25) is 9.36 Å². The van der Waals surface area contributed by atoms with Gasteiger partial charge in [-0.15, -0.1) is 0 Å². The zero-order valence-corrected chi connectivity index (χ0v) is 17.1. The summed E-state index contributed by atoms with van der Waals surface area (Å²) in [7, 11) is 0. The summed E-state index contributed by atoms with van der Waals surface area (Å²) in [5.41, 5.74) is 8.53. The van der Waals surface area contributed by atoms with Crippen LogP contribution < -0.4 is 11.2 Å². The average Bonchev–Trinajstić information content (AvgIpc) is 3.30. The number of fused-ring (bicyclic) bond motifs is 1. The van der Waals surface area contributed by atoms with Crippen LogP contribution in [0.5, 0.6) is 0 Å². The van der Waals surface area contributed by atoms with Crippen molar-refractivity contribution in [2.75, 3.05) is 5.73 Å². The SMILES string of the molecule is Nc1cccc(-n2c(-c3ncco3)c(Cc3ccccc3)c(=O)c3ccc(Cl)cc32)n1. The van der Waals surface area contributed by atoms with Crippen LogP contribution in [0.15, 0.2) is 88.4 Å². The third kappa shape index (κ3) is 3.47. The van der Waals surface area contributed by atoms with Gasteiger partial charge in [0.2, 0.25) is 5.89 Å². The lowest BCUT2D eigenvalue weighted by Gasteiger charge is -2.19. The van der Waals surface area contributed by atoms with E-state index in [2.05, 4.69) is 9.97 Å². The molecule has 0 atom stereocenters. The van der Waals surface area contributed by atoms with E-state index in [9.17, 15) is 4.79 Å². The van der Waals surface area contributed by atoms with Crippen molar-refractivity contribution in [3.63, 3.8) is 0 Å². The number of oxazole rings is 1. The summed E-state index contributed by atoms with van der Waals surface area (Å²) in [6.45, 7) is 0. The number of halogens is 1. The van der Waals surface area contributed by atoms with Crippen molar-refractivity contribution in [1.82, 2.24) is 14.5 Å². The Labute approximate surface area is 182 Å². The molecule has 0 aliphatic rings. The maximum Gasteiger partial charge on any atom is 0.243 e. The van der Waals surface area contributed by atoms with Gasteiger partial charge in [-0.2, -0.15) is 0 Å². The van der Waals surface area contributed by atoms with Crippen molar-refractivity contribution < 1.29 is 4.42 Å². The summed E-state index contributed by atoms with van der Waals surface area (Å²) >= 11 is 6.31. The Hall–Kier alpha value is -3.90. The molecule has 2 N–H and O–H groups in total. The lowest BCUT2D eigenvalue weighted by atomic mass is 9.99. The van der Waals surface area contributed by atoms with E-state index in [0.717, 1.165) is 5.56 Å². The second-order valence-corrected chi connectivity index (χ2v) is 7.51. The third-order valence-corrected chi connectivity index (χ3v) is 5.31. The summed E-state index contributed by atoms with van der Waals surface area (Å²) in [4.78, 5) is 22.5. The summed E-state index contributed by atoms with van der Waals surface area (Å²) in [5, 5.41) is 1.02. The molecule has 2 aromatic carbocycles. The highest BCUT2D eigenvalue weighted by molar-refractivity contribution is 6.31. The number of benzene rings is 2. The molecule has 3 aromatic heterocycles. The number of hydrogen-bond donors (Lipinski definition) is 1. The van der Waals surface area contributed by atoms with Crippen molar-refractivity contribution in [3.05, 3.63) is 106 Å². The highest BCUT2D eigenvalue weighted by atomic mass is 35.5.